The summed E-state index contributed by atoms with van der Waals surface area (Å²) in [6.07, 6.45) is -5.08. The summed E-state index contributed by atoms with van der Waals surface area (Å²) in [6.45, 7) is 1.20. The van der Waals surface area contributed by atoms with Crippen molar-refractivity contribution in [3.63, 3.8) is 0 Å². The van der Waals surface area contributed by atoms with Gasteiger partial charge in [-0.3, -0.25) is 9.78 Å². The maximum atomic E-state index is 13.2. The number of fused-ring (bicyclic) bond motifs is 1. The van der Waals surface area contributed by atoms with Crippen LogP contribution in [-0.2, 0) is 6.18 Å². The van der Waals surface area contributed by atoms with Crippen molar-refractivity contribution in [1.82, 2.24) is 19.7 Å². The third-order valence-corrected chi connectivity index (χ3v) is 5.16. The molecule has 160 valence electrons. The summed E-state index contributed by atoms with van der Waals surface area (Å²) in [7, 11) is -9.92. The molecular formula is C14H10F8N4O2S. The molecule has 0 bridgehead atoms. The minimum atomic E-state index is -9.92. The van der Waals surface area contributed by atoms with Gasteiger partial charge in [0.15, 0.2) is 11.3 Å². The van der Waals surface area contributed by atoms with Crippen molar-refractivity contribution in [2.45, 2.75) is 24.0 Å². The zero-order valence-corrected chi connectivity index (χ0v) is 14.8. The van der Waals surface area contributed by atoms with E-state index in [9.17, 15) is 42.5 Å². The van der Waals surface area contributed by atoms with Gasteiger partial charge in [0.1, 0.15) is 10.3 Å². The summed E-state index contributed by atoms with van der Waals surface area (Å²) in [5, 5.41) is 11.7. The number of nitrogens with zero attached hydrogens (tertiary/aromatic N) is 3. The lowest BCUT2D eigenvalue weighted by Crippen LogP contribution is -2.13. The summed E-state index contributed by atoms with van der Waals surface area (Å²) in [5.41, 5.74) is -3.79. The molecule has 15 heteroatoms. The molecule has 0 fully saturated rings. The van der Waals surface area contributed by atoms with Gasteiger partial charge in [0.25, 0.3) is 11.6 Å². The molecule has 6 nitrogen and oxygen atoms in total. The van der Waals surface area contributed by atoms with Crippen LogP contribution in [0.4, 0.5) is 32.6 Å². The third kappa shape index (κ3) is 3.86. The lowest BCUT2D eigenvalue weighted by atomic mass is 10.1. The van der Waals surface area contributed by atoms with E-state index in [1.54, 1.807) is 4.98 Å². The molecule has 1 atom stereocenters. The number of aromatic nitrogens is 4. The first kappa shape index (κ1) is 20.9. The Balaban J connectivity index is 2.18. The fourth-order valence-electron chi connectivity index (χ4n) is 2.65. The Morgan fingerprint density at radius 2 is 1.66 bits per heavy atom. The van der Waals surface area contributed by atoms with Crippen LogP contribution in [0.1, 0.15) is 24.2 Å². The maximum absolute atomic E-state index is 13.2. The highest BCUT2D eigenvalue weighted by molar-refractivity contribution is 8.45. The number of hydrogen-bond acceptors (Lipinski definition) is 4. The first-order valence-electron chi connectivity index (χ1n) is 7.51. The van der Waals surface area contributed by atoms with E-state index >= 15 is 0 Å². The van der Waals surface area contributed by atoms with E-state index in [0.717, 1.165) is 0 Å². The Hall–Kier alpha value is -2.84. The molecule has 0 aliphatic rings. The van der Waals surface area contributed by atoms with Crippen molar-refractivity contribution in [1.29, 1.82) is 0 Å². The highest BCUT2D eigenvalue weighted by atomic mass is 32.5. The number of aromatic hydroxyl groups is 1. The summed E-state index contributed by atoms with van der Waals surface area (Å²) in [4.78, 5) is 14.8. The minimum Gasteiger partial charge on any atom is -0.480 e. The number of H-pyrrole nitrogens is 1. The lowest BCUT2D eigenvalue weighted by molar-refractivity contribution is -0.140. The molecule has 0 unspecified atom stereocenters. The Morgan fingerprint density at radius 1 is 1.10 bits per heavy atom. The first-order valence-corrected chi connectivity index (χ1v) is 9.46. The standard InChI is InChI=1S/C14H10F8N4O2S/c1-6(7-2-4-8(5-3-7)29(18,19,20,21)22)26-11-9(10(25-26)14(15,16)17)12(27)24-13(28)23-11/h2-6H,1H3,(H2,23,24,27,28)/t6-/m1/s1. The van der Waals surface area contributed by atoms with E-state index in [1.165, 1.54) is 6.92 Å². The van der Waals surface area contributed by atoms with E-state index in [2.05, 4.69) is 10.1 Å². The lowest BCUT2D eigenvalue weighted by Gasteiger charge is -2.40. The number of halogens is 8. The smallest absolute Gasteiger partial charge is 0.436 e. The second-order valence-electron chi connectivity index (χ2n) is 6.09. The Morgan fingerprint density at radius 3 is 2.14 bits per heavy atom. The zero-order chi connectivity index (χ0) is 22.1. The predicted octanol–water partition coefficient (Wildman–Crippen LogP) is 5.11. The van der Waals surface area contributed by atoms with Crippen molar-refractivity contribution < 1.29 is 37.7 Å². The molecule has 0 radical (unpaired) electrons. The van der Waals surface area contributed by atoms with Crippen molar-refractivity contribution >= 4 is 21.3 Å². The molecule has 0 saturated heterocycles. The monoisotopic (exact) mass is 450 g/mol. The van der Waals surface area contributed by atoms with Crippen LogP contribution in [0.5, 0.6) is 6.01 Å². The molecule has 0 saturated carbocycles. The second-order valence-corrected chi connectivity index (χ2v) is 8.50. The fraction of sp³-hybridized carbons (Fsp3) is 0.214. The summed E-state index contributed by atoms with van der Waals surface area (Å²) < 4.78 is 104. The molecule has 0 aliphatic heterocycles. The van der Waals surface area contributed by atoms with Crippen molar-refractivity contribution in [2.75, 3.05) is 0 Å². The quantitative estimate of drug-likeness (QED) is 0.544. The SMILES string of the molecule is C[C@H](c1ccc(S(F)(F)(F)(F)F)cc1)n1nc(C(F)(F)F)c2c(=O)[nH]c(O)nc21. The molecule has 2 aromatic heterocycles. The fourth-order valence-corrected chi connectivity index (χ4v) is 3.30. The summed E-state index contributed by atoms with van der Waals surface area (Å²) in [5.74, 6) is 0. The van der Waals surface area contributed by atoms with Gasteiger partial charge in [-0.1, -0.05) is 31.6 Å². The minimum absolute atomic E-state index is 0.0987. The number of alkyl halides is 3. The van der Waals surface area contributed by atoms with Crippen LogP contribution >= 0.6 is 10.2 Å². The number of hydrogen-bond donors (Lipinski definition) is 2. The van der Waals surface area contributed by atoms with Gasteiger partial charge in [-0.15, -0.1) is 0 Å². The van der Waals surface area contributed by atoms with Crippen LogP contribution < -0.4 is 5.56 Å². The number of benzene rings is 1. The highest BCUT2D eigenvalue weighted by Crippen LogP contribution is 3.02. The summed E-state index contributed by atoms with van der Waals surface area (Å²) in [6, 6.07) is -0.781. The Labute approximate surface area is 155 Å². The van der Waals surface area contributed by atoms with Gasteiger partial charge in [-0.2, -0.15) is 23.3 Å². The topological polar surface area (TPSA) is 83.8 Å². The molecule has 0 spiro atoms. The first-order chi connectivity index (χ1) is 12.9. The second kappa shape index (κ2) is 5.40. The van der Waals surface area contributed by atoms with Crippen molar-refractivity contribution in [2.24, 2.45) is 0 Å². The van der Waals surface area contributed by atoms with E-state index in [1.807, 2.05) is 0 Å². The van der Waals surface area contributed by atoms with Crippen LogP contribution in [0, 0.1) is 0 Å². The number of rotatable bonds is 3. The Kier molecular flexibility index (Phi) is 3.89. The zero-order valence-electron chi connectivity index (χ0n) is 14.0. The van der Waals surface area contributed by atoms with Gasteiger partial charge < -0.3 is 5.11 Å². The van der Waals surface area contributed by atoms with E-state index in [0.29, 0.717) is 16.8 Å². The molecule has 0 aliphatic carbocycles. The predicted molar refractivity (Wildman–Crippen MR) is 86.5 cm³/mol. The largest absolute Gasteiger partial charge is 0.480 e. The molecule has 2 heterocycles. The van der Waals surface area contributed by atoms with Crippen LogP contribution in [0.3, 0.4) is 0 Å². The van der Waals surface area contributed by atoms with E-state index in [-0.39, 0.29) is 17.7 Å². The van der Waals surface area contributed by atoms with Crippen LogP contribution in [0.15, 0.2) is 34.0 Å². The van der Waals surface area contributed by atoms with E-state index in [4.69, 9.17) is 0 Å². The number of aromatic amines is 1. The van der Waals surface area contributed by atoms with Crippen LogP contribution in [0.25, 0.3) is 11.0 Å². The van der Waals surface area contributed by atoms with Gasteiger partial charge >= 0.3 is 16.4 Å². The molecule has 3 rings (SSSR count). The van der Waals surface area contributed by atoms with Crippen molar-refractivity contribution in [3.8, 4) is 6.01 Å². The van der Waals surface area contributed by atoms with Gasteiger partial charge in [0, 0.05) is 0 Å². The normalized spacial score (nSPS) is 16.4. The van der Waals surface area contributed by atoms with Gasteiger partial charge in [-0.05, 0) is 24.6 Å². The molecule has 2 N–H and O–H groups in total. The van der Waals surface area contributed by atoms with E-state index < -0.39 is 55.6 Å². The van der Waals surface area contributed by atoms with Gasteiger partial charge in [0.2, 0.25) is 0 Å². The average molecular weight is 450 g/mol. The van der Waals surface area contributed by atoms with Gasteiger partial charge in [0.05, 0.1) is 6.04 Å². The highest BCUT2D eigenvalue weighted by Gasteiger charge is 2.65. The maximum Gasteiger partial charge on any atom is 0.436 e. The number of nitrogens with one attached hydrogen (secondary N) is 1. The molecule has 0 amide bonds. The Bertz CT molecular complexity index is 1170. The summed E-state index contributed by atoms with van der Waals surface area (Å²) >= 11 is 0. The van der Waals surface area contributed by atoms with Gasteiger partial charge in [-0.25, -0.2) is 4.68 Å². The molecule has 3 aromatic rings. The molecule has 29 heavy (non-hydrogen) atoms. The van der Waals surface area contributed by atoms with Crippen LogP contribution in [0.2, 0.25) is 0 Å². The average Bonchev–Trinajstić information content (AvgIpc) is 2.92. The molecule has 1 aromatic carbocycles. The van der Waals surface area contributed by atoms with Crippen molar-refractivity contribution in [3.05, 3.63) is 45.9 Å². The van der Waals surface area contributed by atoms with Crippen LogP contribution in [-0.4, -0.2) is 24.9 Å². The molecular weight excluding hydrogens is 440 g/mol. The third-order valence-electron chi connectivity index (χ3n) is 3.99.